The van der Waals surface area contributed by atoms with Gasteiger partial charge < -0.3 is 45.2 Å². The van der Waals surface area contributed by atoms with E-state index in [1.807, 2.05) is 0 Å². The van der Waals surface area contributed by atoms with E-state index in [1.54, 1.807) is 0 Å². The van der Waals surface area contributed by atoms with Crippen LogP contribution in [0.5, 0.6) is 0 Å². The zero-order valence-electron chi connectivity index (χ0n) is 10.7. The molecule has 12 heteroatoms. The lowest BCUT2D eigenvalue weighted by Gasteiger charge is -2.42. The second-order valence-corrected chi connectivity index (χ2v) is 10.8. The third kappa shape index (κ3) is 5.06. The van der Waals surface area contributed by atoms with E-state index >= 15 is 0 Å². The first kappa shape index (κ1) is 19.7. The first-order valence-corrected chi connectivity index (χ1v) is 10.2. The molecule has 0 bridgehead atoms. The molecule has 1 aliphatic carbocycles. The minimum absolute atomic E-state index is 0.142. The highest BCUT2D eigenvalue weighted by atomic mass is 32.9. The Labute approximate surface area is 129 Å². The van der Waals surface area contributed by atoms with E-state index in [4.69, 9.17) is 21.4 Å². The largest absolute Gasteiger partial charge is 0.394 e. The fourth-order valence-corrected chi connectivity index (χ4v) is 5.23. The molecular formula is C9H19O9PS2. The average Bonchev–Trinajstić information content (AvgIpc) is 2.45. The fraction of sp³-hybridized carbons (Fsp3) is 1.00. The Morgan fingerprint density at radius 1 is 1.00 bits per heavy atom. The number of hydrogen-bond acceptors (Lipinski definition) is 10. The van der Waals surface area contributed by atoms with Gasteiger partial charge in [-0.15, -0.1) is 0 Å². The smallest absolute Gasteiger partial charge is 0.245 e. The first-order valence-electron chi connectivity index (χ1n) is 5.95. The van der Waals surface area contributed by atoms with Crippen molar-refractivity contribution in [3.63, 3.8) is 0 Å². The van der Waals surface area contributed by atoms with Gasteiger partial charge in [0.05, 0.1) is 12.7 Å². The minimum atomic E-state index is -3.62. The molecule has 1 saturated carbocycles. The molecule has 0 heterocycles. The maximum absolute atomic E-state index is 9.91. The van der Waals surface area contributed by atoms with Crippen LogP contribution in [0.2, 0.25) is 0 Å². The molecule has 1 fully saturated rings. The minimum Gasteiger partial charge on any atom is -0.394 e. The molecule has 0 spiro atoms. The molecule has 8 N–H and O–H groups in total. The van der Waals surface area contributed by atoms with Gasteiger partial charge in [0.2, 0.25) is 5.69 Å². The van der Waals surface area contributed by atoms with Gasteiger partial charge in [-0.05, 0) is 11.8 Å². The third-order valence-electron chi connectivity index (χ3n) is 2.97. The quantitative estimate of drug-likeness (QED) is 0.219. The number of hydrogen-bond donors (Lipinski definition) is 8. The Bertz CT molecular complexity index is 370. The van der Waals surface area contributed by atoms with Gasteiger partial charge >= 0.3 is 0 Å². The molecule has 0 aromatic rings. The van der Waals surface area contributed by atoms with Crippen molar-refractivity contribution >= 4 is 28.9 Å². The van der Waals surface area contributed by atoms with Crippen LogP contribution in [0, 0.1) is 0 Å². The molecule has 0 amide bonds. The molecule has 3 unspecified atom stereocenters. The van der Waals surface area contributed by atoms with Crippen molar-refractivity contribution in [3.05, 3.63) is 0 Å². The average molecular weight is 366 g/mol. The molecule has 0 saturated heterocycles. The van der Waals surface area contributed by atoms with Crippen molar-refractivity contribution in [2.24, 2.45) is 0 Å². The van der Waals surface area contributed by atoms with Crippen molar-refractivity contribution in [1.82, 2.24) is 0 Å². The van der Waals surface area contributed by atoms with Gasteiger partial charge in [0.1, 0.15) is 36.6 Å². The topological polar surface area (TPSA) is 171 Å². The third-order valence-corrected chi connectivity index (χ3v) is 7.23. The second-order valence-electron chi connectivity index (χ2n) is 4.62. The normalized spacial score (nSPS) is 41.5. The van der Waals surface area contributed by atoms with Gasteiger partial charge in [0, 0.05) is 5.75 Å². The maximum Gasteiger partial charge on any atom is 0.245 e. The molecule has 0 radical (unpaired) electrons. The van der Waals surface area contributed by atoms with Crippen LogP contribution in [0.1, 0.15) is 0 Å². The van der Waals surface area contributed by atoms with E-state index in [2.05, 4.69) is 0 Å². The molecule has 0 aliphatic heterocycles. The number of aliphatic hydroxyl groups is 7. The molecule has 1 aliphatic rings. The fourth-order valence-electron chi connectivity index (χ4n) is 1.74. The van der Waals surface area contributed by atoms with Crippen molar-refractivity contribution in [2.45, 2.75) is 42.7 Å². The highest BCUT2D eigenvalue weighted by Crippen LogP contribution is 2.58. The molecule has 8 atom stereocenters. The van der Waals surface area contributed by atoms with E-state index in [0.29, 0.717) is 11.4 Å². The van der Waals surface area contributed by atoms with Crippen LogP contribution in [0.4, 0.5) is 0 Å². The molecule has 1 rings (SSSR count). The summed E-state index contributed by atoms with van der Waals surface area (Å²) in [4.78, 5) is 9.91. The predicted molar refractivity (Wildman–Crippen MR) is 77.0 cm³/mol. The molecular weight excluding hydrogens is 347 g/mol. The summed E-state index contributed by atoms with van der Waals surface area (Å²) < 4.78 is 5.01. The van der Waals surface area contributed by atoms with Gasteiger partial charge in [-0.2, -0.15) is 0 Å². The lowest BCUT2D eigenvalue weighted by Crippen LogP contribution is -2.64. The zero-order valence-corrected chi connectivity index (χ0v) is 13.2. The standard InChI is InChI=1S/C9H19O9PS2/c10-1-3(11)2-21-19(17,20)18-9-7(15)5(13)4(12)6(14)8(9)16/h3-16H,1-2H2,(H,17,20)/t3-,4?,5-,6+,7-,8-,9?,19?/m1/s1. The Morgan fingerprint density at radius 3 is 1.86 bits per heavy atom. The summed E-state index contributed by atoms with van der Waals surface area (Å²) in [6.45, 7) is -0.541. The number of aliphatic hydroxyl groups excluding tert-OH is 7. The van der Waals surface area contributed by atoms with Gasteiger partial charge in [-0.1, -0.05) is 11.4 Å². The van der Waals surface area contributed by atoms with Crippen molar-refractivity contribution in [2.75, 3.05) is 12.4 Å². The second kappa shape index (κ2) is 7.95. The predicted octanol–water partition coefficient (Wildman–Crippen LogP) is -3.51. The summed E-state index contributed by atoms with van der Waals surface area (Å²) in [6.07, 6.45) is -11.6. The lowest BCUT2D eigenvalue weighted by molar-refractivity contribution is -0.216. The first-order chi connectivity index (χ1) is 9.60. The van der Waals surface area contributed by atoms with E-state index in [9.17, 15) is 35.5 Å². The van der Waals surface area contributed by atoms with Gasteiger partial charge in [0.15, 0.2) is 0 Å². The van der Waals surface area contributed by atoms with Gasteiger partial charge in [0.25, 0.3) is 0 Å². The summed E-state index contributed by atoms with van der Waals surface area (Å²) in [6, 6.07) is 0. The summed E-state index contributed by atoms with van der Waals surface area (Å²) in [5.74, 6) is -0.142. The van der Waals surface area contributed by atoms with E-state index in [1.165, 1.54) is 0 Å². The molecule has 126 valence electrons. The van der Waals surface area contributed by atoms with Crippen LogP contribution >= 0.6 is 17.1 Å². The van der Waals surface area contributed by atoms with Crippen molar-refractivity contribution in [3.8, 4) is 0 Å². The van der Waals surface area contributed by atoms with E-state index in [-0.39, 0.29) is 5.75 Å². The highest BCUT2D eigenvalue weighted by molar-refractivity contribution is 8.67. The summed E-state index contributed by atoms with van der Waals surface area (Å²) in [7, 11) is 0. The van der Waals surface area contributed by atoms with Crippen molar-refractivity contribution < 1.29 is 45.2 Å². The Balaban J connectivity index is 2.72. The molecule has 9 nitrogen and oxygen atoms in total. The van der Waals surface area contributed by atoms with Crippen LogP contribution < -0.4 is 0 Å². The molecule has 0 aromatic carbocycles. The van der Waals surface area contributed by atoms with E-state index in [0.717, 1.165) is 0 Å². The Hall–Kier alpha value is 0.640. The van der Waals surface area contributed by atoms with Crippen LogP contribution in [0.3, 0.4) is 0 Å². The van der Waals surface area contributed by atoms with Crippen LogP contribution in [-0.4, -0.2) is 95.7 Å². The van der Waals surface area contributed by atoms with Gasteiger partial charge in [-0.25, -0.2) is 0 Å². The van der Waals surface area contributed by atoms with Crippen LogP contribution in [0.25, 0.3) is 0 Å². The zero-order chi connectivity index (χ0) is 16.4. The molecule has 21 heavy (non-hydrogen) atoms. The Kier molecular flexibility index (Phi) is 7.46. The number of rotatable bonds is 6. The summed E-state index contributed by atoms with van der Waals surface area (Å²) in [5.41, 5.74) is -3.62. The Morgan fingerprint density at radius 2 is 1.43 bits per heavy atom. The summed E-state index contributed by atoms with van der Waals surface area (Å²) in [5, 5.41) is 65.7. The maximum atomic E-state index is 9.91. The SMILES string of the molecule is OC[C@@H](O)CSP(O)(=S)OC1[C@H](O)[C@H](O)C(O)[C@H](O)[C@H]1O. The van der Waals surface area contributed by atoms with E-state index < -0.39 is 55.0 Å². The van der Waals surface area contributed by atoms with Crippen LogP contribution in [-0.2, 0) is 16.3 Å². The van der Waals surface area contributed by atoms with Gasteiger partial charge in [-0.3, -0.25) is 0 Å². The van der Waals surface area contributed by atoms with Crippen molar-refractivity contribution in [1.29, 1.82) is 0 Å². The van der Waals surface area contributed by atoms with Crippen LogP contribution in [0.15, 0.2) is 0 Å². The summed E-state index contributed by atoms with van der Waals surface area (Å²) >= 11 is 5.38. The monoisotopic (exact) mass is 366 g/mol. The highest BCUT2D eigenvalue weighted by Gasteiger charge is 2.50. The molecule has 0 aromatic heterocycles. The lowest BCUT2D eigenvalue weighted by atomic mass is 9.85.